The Morgan fingerprint density at radius 3 is 2.85 bits per heavy atom. The zero-order valence-corrected chi connectivity index (χ0v) is 8.39. The fraction of sp³-hybridized carbons (Fsp3) is 0.364. The number of hydrogen-bond acceptors (Lipinski definition) is 1. The van der Waals surface area contributed by atoms with Crippen LogP contribution in [0.5, 0.6) is 0 Å². The van der Waals surface area contributed by atoms with Crippen LogP contribution in [0.25, 0.3) is 6.08 Å². The third kappa shape index (κ3) is 4.18. The highest BCUT2D eigenvalue weighted by molar-refractivity contribution is 6.28. The van der Waals surface area contributed by atoms with Gasteiger partial charge >= 0.3 is 0 Å². The minimum Gasteiger partial charge on any atom is -0.445 e. The average Bonchev–Trinajstić information content (AvgIpc) is 2.51. The van der Waals surface area contributed by atoms with Crippen LogP contribution in [0.2, 0.25) is 5.22 Å². The summed E-state index contributed by atoms with van der Waals surface area (Å²) >= 11 is 5.61. The first-order chi connectivity index (χ1) is 6.33. The monoisotopic (exact) mass is 197 g/mol. The van der Waals surface area contributed by atoms with Crippen molar-refractivity contribution >= 4 is 17.7 Å². The molecule has 1 aromatic heterocycles. The molecule has 13 heavy (non-hydrogen) atoms. The van der Waals surface area contributed by atoms with E-state index < -0.39 is 0 Å². The molecule has 1 rings (SSSR count). The van der Waals surface area contributed by atoms with Gasteiger partial charge in [-0.1, -0.05) is 25.8 Å². The number of rotatable bonds is 5. The average molecular weight is 198 g/mol. The summed E-state index contributed by atoms with van der Waals surface area (Å²) < 4.78 is 5.16. The fourth-order valence-corrected chi connectivity index (χ4v) is 1.21. The van der Waals surface area contributed by atoms with E-state index in [1.807, 2.05) is 12.1 Å². The standard InChI is InChI=1S/C11H14ClO/c1-2-3-4-5-6-7-10-8-9-11(12)13-10/h6-9H,1-5H2. The van der Waals surface area contributed by atoms with Gasteiger partial charge in [0, 0.05) is 0 Å². The first-order valence-electron chi connectivity index (χ1n) is 4.54. The van der Waals surface area contributed by atoms with Crippen LogP contribution in [-0.2, 0) is 0 Å². The number of unbranched alkanes of at least 4 members (excludes halogenated alkanes) is 3. The molecule has 0 saturated heterocycles. The molecule has 0 bridgehead atoms. The van der Waals surface area contributed by atoms with Crippen LogP contribution in [-0.4, -0.2) is 0 Å². The molecule has 1 nitrogen and oxygen atoms in total. The van der Waals surface area contributed by atoms with Gasteiger partial charge in [-0.25, -0.2) is 0 Å². The van der Waals surface area contributed by atoms with E-state index in [0.717, 1.165) is 18.6 Å². The summed E-state index contributed by atoms with van der Waals surface area (Å²) in [7, 11) is 0. The molecule has 1 aromatic rings. The molecular formula is C11H14ClO. The summed E-state index contributed by atoms with van der Waals surface area (Å²) in [6.45, 7) is 3.78. The van der Waals surface area contributed by atoms with Gasteiger partial charge in [0.1, 0.15) is 5.76 Å². The molecule has 1 heterocycles. The zero-order valence-electron chi connectivity index (χ0n) is 7.63. The molecule has 0 fully saturated rings. The molecule has 0 N–H and O–H groups in total. The molecule has 0 aliphatic heterocycles. The first kappa shape index (κ1) is 10.4. The van der Waals surface area contributed by atoms with Crippen LogP contribution in [0.3, 0.4) is 0 Å². The van der Waals surface area contributed by atoms with Crippen molar-refractivity contribution < 1.29 is 4.42 Å². The maximum atomic E-state index is 5.61. The highest BCUT2D eigenvalue weighted by Gasteiger charge is 1.93. The van der Waals surface area contributed by atoms with Gasteiger partial charge in [0.2, 0.25) is 0 Å². The van der Waals surface area contributed by atoms with Gasteiger partial charge in [-0.2, -0.15) is 0 Å². The smallest absolute Gasteiger partial charge is 0.193 e. The van der Waals surface area contributed by atoms with Gasteiger partial charge in [-0.3, -0.25) is 0 Å². The Labute approximate surface area is 84.4 Å². The van der Waals surface area contributed by atoms with Gasteiger partial charge in [0.25, 0.3) is 0 Å². The van der Waals surface area contributed by atoms with Crippen LogP contribution >= 0.6 is 11.6 Å². The molecular weight excluding hydrogens is 184 g/mol. The number of hydrogen-bond donors (Lipinski definition) is 0. The third-order valence-electron chi connectivity index (χ3n) is 1.75. The number of halogens is 1. The molecule has 1 radical (unpaired) electrons. The Morgan fingerprint density at radius 1 is 1.38 bits per heavy atom. The molecule has 71 valence electrons. The topological polar surface area (TPSA) is 13.1 Å². The van der Waals surface area contributed by atoms with Crippen LogP contribution in [0.1, 0.15) is 31.4 Å². The van der Waals surface area contributed by atoms with Crippen molar-refractivity contribution in [3.8, 4) is 0 Å². The van der Waals surface area contributed by atoms with Crippen LogP contribution in [0.15, 0.2) is 22.6 Å². The molecule has 0 aliphatic rings. The van der Waals surface area contributed by atoms with Gasteiger partial charge in [0.15, 0.2) is 5.22 Å². The fourth-order valence-electron chi connectivity index (χ4n) is 1.06. The van der Waals surface area contributed by atoms with E-state index in [2.05, 4.69) is 13.0 Å². The van der Waals surface area contributed by atoms with E-state index in [1.54, 1.807) is 6.07 Å². The molecule has 2 heteroatoms. The number of furan rings is 1. The highest BCUT2D eigenvalue weighted by atomic mass is 35.5. The molecule has 0 aromatic carbocycles. The van der Waals surface area contributed by atoms with Crippen molar-refractivity contribution in [3.05, 3.63) is 36.1 Å². The largest absolute Gasteiger partial charge is 0.445 e. The van der Waals surface area contributed by atoms with E-state index in [0.29, 0.717) is 5.22 Å². The Hall–Kier alpha value is -0.690. The van der Waals surface area contributed by atoms with Crippen molar-refractivity contribution in [3.63, 3.8) is 0 Å². The van der Waals surface area contributed by atoms with Gasteiger partial charge in [-0.05, 0) is 42.7 Å². The minimum absolute atomic E-state index is 0.442. The maximum Gasteiger partial charge on any atom is 0.193 e. The Balaban J connectivity index is 2.24. The van der Waals surface area contributed by atoms with Gasteiger partial charge < -0.3 is 4.42 Å². The van der Waals surface area contributed by atoms with Gasteiger partial charge in [-0.15, -0.1) is 0 Å². The second kappa shape index (κ2) is 5.87. The van der Waals surface area contributed by atoms with Crippen molar-refractivity contribution in [2.75, 3.05) is 0 Å². The maximum absolute atomic E-state index is 5.61. The van der Waals surface area contributed by atoms with E-state index in [-0.39, 0.29) is 0 Å². The highest BCUT2D eigenvalue weighted by Crippen LogP contribution is 2.14. The van der Waals surface area contributed by atoms with E-state index in [4.69, 9.17) is 16.0 Å². The Morgan fingerprint density at radius 2 is 2.23 bits per heavy atom. The first-order valence-corrected chi connectivity index (χ1v) is 4.92. The normalized spacial score (nSPS) is 11.2. The summed E-state index contributed by atoms with van der Waals surface area (Å²) in [5.74, 6) is 0.819. The summed E-state index contributed by atoms with van der Waals surface area (Å²) in [6, 6.07) is 3.61. The molecule has 0 spiro atoms. The van der Waals surface area contributed by atoms with E-state index in [1.165, 1.54) is 12.8 Å². The summed E-state index contributed by atoms with van der Waals surface area (Å²) in [6.07, 6.45) is 8.52. The summed E-state index contributed by atoms with van der Waals surface area (Å²) in [5.41, 5.74) is 0. The minimum atomic E-state index is 0.442. The van der Waals surface area contributed by atoms with E-state index >= 15 is 0 Å². The van der Waals surface area contributed by atoms with Crippen molar-refractivity contribution in [2.45, 2.75) is 25.7 Å². The predicted octanol–water partition coefficient (Wildman–Crippen LogP) is 4.34. The second-order valence-corrected chi connectivity index (χ2v) is 3.27. The lowest BCUT2D eigenvalue weighted by Crippen LogP contribution is -1.70. The molecule has 0 aliphatic carbocycles. The lowest BCUT2D eigenvalue weighted by atomic mass is 10.2. The third-order valence-corrected chi connectivity index (χ3v) is 1.95. The molecule has 0 atom stereocenters. The second-order valence-electron chi connectivity index (χ2n) is 2.89. The lowest BCUT2D eigenvalue weighted by molar-refractivity contribution is 0.559. The number of allylic oxidation sites excluding steroid dienone is 1. The van der Waals surface area contributed by atoms with Crippen LogP contribution in [0.4, 0.5) is 0 Å². The Bertz CT molecular complexity index is 263. The van der Waals surface area contributed by atoms with Crippen molar-refractivity contribution in [2.24, 2.45) is 0 Å². The molecule has 0 amide bonds. The van der Waals surface area contributed by atoms with Crippen LogP contribution < -0.4 is 0 Å². The summed E-state index contributed by atoms with van der Waals surface area (Å²) in [4.78, 5) is 0. The summed E-state index contributed by atoms with van der Waals surface area (Å²) in [5, 5.41) is 0.442. The molecule has 0 saturated carbocycles. The quantitative estimate of drug-likeness (QED) is 0.640. The van der Waals surface area contributed by atoms with Crippen molar-refractivity contribution in [1.82, 2.24) is 0 Å². The zero-order chi connectivity index (χ0) is 9.52. The van der Waals surface area contributed by atoms with E-state index in [9.17, 15) is 0 Å². The van der Waals surface area contributed by atoms with Crippen molar-refractivity contribution in [1.29, 1.82) is 0 Å². The Kier molecular flexibility index (Phi) is 4.69. The predicted molar refractivity (Wildman–Crippen MR) is 56.6 cm³/mol. The SMILES string of the molecule is [CH2]CCCCC=Cc1ccc(Cl)o1. The lowest BCUT2D eigenvalue weighted by Gasteiger charge is -1.90. The molecule has 0 unspecified atom stereocenters. The van der Waals surface area contributed by atoms with Crippen LogP contribution in [0, 0.1) is 6.92 Å². The van der Waals surface area contributed by atoms with Gasteiger partial charge in [0.05, 0.1) is 0 Å².